The number of hydrogen-bond donors (Lipinski definition) is 0. The predicted octanol–water partition coefficient (Wildman–Crippen LogP) is 2.10. The Morgan fingerprint density at radius 3 is 2.30 bits per heavy atom. The van der Waals surface area contributed by atoms with Crippen LogP contribution in [0.1, 0.15) is 44.0 Å². The van der Waals surface area contributed by atoms with Crippen molar-refractivity contribution in [2.24, 2.45) is 0 Å². The van der Waals surface area contributed by atoms with Gasteiger partial charge in [0.2, 0.25) is 0 Å². The summed E-state index contributed by atoms with van der Waals surface area (Å²) in [4.78, 5) is 14.0. The van der Waals surface area contributed by atoms with Gasteiger partial charge >= 0.3 is 0 Å². The number of nitrogens with zero attached hydrogens (tertiary/aromatic N) is 4. The van der Waals surface area contributed by atoms with Crippen LogP contribution in [0.5, 0.6) is 0 Å². The summed E-state index contributed by atoms with van der Waals surface area (Å²) in [5.41, 5.74) is 1.25. The zero-order valence-electron chi connectivity index (χ0n) is 12.6. The Morgan fingerprint density at radius 1 is 1.05 bits per heavy atom. The SMILES string of the molecule is CCc1ncc(CN2CCC(N3CCCC3)CC2)cn1. The first-order valence-electron chi connectivity index (χ1n) is 8.11. The number of hydrogen-bond acceptors (Lipinski definition) is 4. The molecule has 20 heavy (non-hydrogen) atoms. The van der Waals surface area contributed by atoms with Gasteiger partial charge in [-0.05, 0) is 51.9 Å². The Kier molecular flexibility index (Phi) is 4.63. The third-order valence-electron chi connectivity index (χ3n) is 4.70. The fraction of sp³-hybridized carbons (Fsp3) is 0.750. The lowest BCUT2D eigenvalue weighted by molar-refractivity contribution is 0.122. The van der Waals surface area contributed by atoms with Gasteiger partial charge in [0.25, 0.3) is 0 Å². The van der Waals surface area contributed by atoms with Crippen molar-refractivity contribution in [3.63, 3.8) is 0 Å². The highest BCUT2D eigenvalue weighted by atomic mass is 15.2. The van der Waals surface area contributed by atoms with Crippen LogP contribution in [0.3, 0.4) is 0 Å². The van der Waals surface area contributed by atoms with Gasteiger partial charge in [-0.15, -0.1) is 0 Å². The van der Waals surface area contributed by atoms with E-state index in [2.05, 4.69) is 26.7 Å². The molecule has 0 radical (unpaired) electrons. The number of rotatable bonds is 4. The van der Waals surface area contributed by atoms with E-state index >= 15 is 0 Å². The fourth-order valence-electron chi connectivity index (χ4n) is 3.45. The monoisotopic (exact) mass is 274 g/mol. The second kappa shape index (κ2) is 6.64. The Labute approximate surface area is 122 Å². The molecule has 0 aromatic carbocycles. The third kappa shape index (κ3) is 3.36. The van der Waals surface area contributed by atoms with Gasteiger partial charge in [-0.25, -0.2) is 9.97 Å². The molecule has 2 saturated heterocycles. The minimum atomic E-state index is 0.840. The van der Waals surface area contributed by atoms with Gasteiger partial charge in [-0.2, -0.15) is 0 Å². The molecule has 2 aliphatic heterocycles. The average molecular weight is 274 g/mol. The average Bonchev–Trinajstić information content (AvgIpc) is 3.03. The standard InChI is InChI=1S/C16H26N4/c1-2-16-17-11-14(12-18-16)13-19-9-5-15(6-10-19)20-7-3-4-8-20/h11-12,15H,2-10,13H2,1H3. The first-order chi connectivity index (χ1) is 9.85. The maximum Gasteiger partial charge on any atom is 0.127 e. The Bertz CT molecular complexity index is 403. The summed E-state index contributed by atoms with van der Waals surface area (Å²) in [6.45, 7) is 8.20. The topological polar surface area (TPSA) is 32.3 Å². The van der Waals surface area contributed by atoms with Crippen molar-refractivity contribution in [3.05, 3.63) is 23.8 Å². The highest BCUT2D eigenvalue weighted by Gasteiger charge is 2.26. The van der Waals surface area contributed by atoms with E-state index in [9.17, 15) is 0 Å². The van der Waals surface area contributed by atoms with Gasteiger partial charge in [0.15, 0.2) is 0 Å². The molecule has 3 rings (SSSR count). The van der Waals surface area contributed by atoms with E-state index in [1.807, 2.05) is 12.4 Å². The third-order valence-corrected chi connectivity index (χ3v) is 4.70. The smallest absolute Gasteiger partial charge is 0.127 e. The molecule has 0 saturated carbocycles. The van der Waals surface area contributed by atoms with Crippen LogP contribution in [0.15, 0.2) is 12.4 Å². The van der Waals surface area contributed by atoms with E-state index in [-0.39, 0.29) is 0 Å². The molecule has 2 fully saturated rings. The molecule has 3 heterocycles. The molecule has 0 unspecified atom stereocenters. The summed E-state index contributed by atoms with van der Waals surface area (Å²) in [5, 5.41) is 0. The molecule has 0 aliphatic carbocycles. The van der Waals surface area contributed by atoms with E-state index in [4.69, 9.17) is 0 Å². The Hall–Kier alpha value is -1.00. The van der Waals surface area contributed by atoms with Crippen molar-refractivity contribution < 1.29 is 0 Å². The summed E-state index contributed by atoms with van der Waals surface area (Å²) in [6.07, 6.45) is 10.4. The normalized spacial score (nSPS) is 22.4. The van der Waals surface area contributed by atoms with Crippen molar-refractivity contribution in [1.29, 1.82) is 0 Å². The van der Waals surface area contributed by atoms with E-state index in [1.54, 1.807) is 0 Å². The molecule has 0 N–H and O–H groups in total. The minimum absolute atomic E-state index is 0.840. The van der Waals surface area contributed by atoms with Gasteiger partial charge < -0.3 is 4.90 Å². The van der Waals surface area contributed by atoms with Crippen LogP contribution in [-0.2, 0) is 13.0 Å². The van der Waals surface area contributed by atoms with E-state index < -0.39 is 0 Å². The van der Waals surface area contributed by atoms with Crippen LogP contribution in [0.4, 0.5) is 0 Å². The highest BCUT2D eigenvalue weighted by Crippen LogP contribution is 2.21. The molecular formula is C16H26N4. The number of aryl methyl sites for hydroxylation is 1. The lowest BCUT2D eigenvalue weighted by Crippen LogP contribution is -2.43. The largest absolute Gasteiger partial charge is 0.300 e. The Morgan fingerprint density at radius 2 is 1.70 bits per heavy atom. The number of aromatic nitrogens is 2. The zero-order valence-corrected chi connectivity index (χ0v) is 12.6. The predicted molar refractivity (Wildman–Crippen MR) is 80.5 cm³/mol. The molecule has 2 aliphatic rings. The van der Waals surface area contributed by atoms with Crippen molar-refractivity contribution >= 4 is 0 Å². The molecule has 0 spiro atoms. The molecular weight excluding hydrogens is 248 g/mol. The van der Waals surface area contributed by atoms with Crippen molar-refractivity contribution in [2.45, 2.75) is 51.6 Å². The van der Waals surface area contributed by atoms with Gasteiger partial charge in [0, 0.05) is 37.0 Å². The minimum Gasteiger partial charge on any atom is -0.300 e. The summed E-state index contributed by atoms with van der Waals surface area (Å²) < 4.78 is 0. The fourth-order valence-corrected chi connectivity index (χ4v) is 3.45. The van der Waals surface area contributed by atoms with E-state index in [0.29, 0.717) is 0 Å². The summed E-state index contributed by atoms with van der Waals surface area (Å²) in [7, 11) is 0. The lowest BCUT2D eigenvalue weighted by atomic mass is 10.0. The van der Waals surface area contributed by atoms with Crippen LogP contribution >= 0.6 is 0 Å². The highest BCUT2D eigenvalue weighted by molar-refractivity contribution is 5.05. The summed E-state index contributed by atoms with van der Waals surface area (Å²) in [5.74, 6) is 0.946. The van der Waals surface area contributed by atoms with E-state index in [1.165, 1.54) is 57.4 Å². The van der Waals surface area contributed by atoms with Gasteiger partial charge in [0.1, 0.15) is 5.82 Å². The van der Waals surface area contributed by atoms with Crippen LogP contribution < -0.4 is 0 Å². The van der Waals surface area contributed by atoms with Crippen LogP contribution in [0.25, 0.3) is 0 Å². The second-order valence-corrected chi connectivity index (χ2v) is 6.11. The molecule has 0 atom stereocenters. The molecule has 110 valence electrons. The van der Waals surface area contributed by atoms with Gasteiger partial charge in [-0.3, -0.25) is 4.90 Å². The van der Waals surface area contributed by atoms with Gasteiger partial charge in [-0.1, -0.05) is 6.92 Å². The van der Waals surface area contributed by atoms with Crippen molar-refractivity contribution in [2.75, 3.05) is 26.2 Å². The van der Waals surface area contributed by atoms with Crippen LogP contribution in [-0.4, -0.2) is 52.0 Å². The molecule has 4 nitrogen and oxygen atoms in total. The molecule has 1 aromatic heterocycles. The number of likely N-dealkylation sites (tertiary alicyclic amines) is 2. The second-order valence-electron chi connectivity index (χ2n) is 6.11. The van der Waals surface area contributed by atoms with Crippen LogP contribution in [0.2, 0.25) is 0 Å². The molecule has 4 heteroatoms. The van der Waals surface area contributed by atoms with Gasteiger partial charge in [0.05, 0.1) is 0 Å². The molecule has 0 bridgehead atoms. The first-order valence-corrected chi connectivity index (χ1v) is 8.11. The maximum absolute atomic E-state index is 4.39. The zero-order chi connectivity index (χ0) is 13.8. The summed E-state index contributed by atoms with van der Waals surface area (Å²) >= 11 is 0. The van der Waals surface area contributed by atoms with E-state index in [0.717, 1.165) is 24.8 Å². The van der Waals surface area contributed by atoms with Crippen LogP contribution in [0, 0.1) is 0 Å². The first kappa shape index (κ1) is 14.0. The molecule has 1 aromatic rings. The van der Waals surface area contributed by atoms with Crippen molar-refractivity contribution in [3.8, 4) is 0 Å². The lowest BCUT2D eigenvalue weighted by Gasteiger charge is -2.36. The Balaban J connectivity index is 1.47. The number of piperidine rings is 1. The quantitative estimate of drug-likeness (QED) is 0.841. The maximum atomic E-state index is 4.39. The van der Waals surface area contributed by atoms with Crippen molar-refractivity contribution in [1.82, 2.24) is 19.8 Å². The summed E-state index contributed by atoms with van der Waals surface area (Å²) in [6, 6.07) is 0.840. The molecule has 0 amide bonds.